The highest BCUT2D eigenvalue weighted by Gasteiger charge is 2.28. The molecule has 1 aromatic rings. The lowest BCUT2D eigenvalue weighted by Crippen LogP contribution is -2.15. The molecule has 2 nitrogen and oxygen atoms in total. The van der Waals surface area contributed by atoms with E-state index in [1.165, 1.54) is 11.1 Å². The summed E-state index contributed by atoms with van der Waals surface area (Å²) in [5.41, 5.74) is 2.46. The molecule has 1 aliphatic carbocycles. The van der Waals surface area contributed by atoms with Crippen molar-refractivity contribution in [2.24, 2.45) is 0 Å². The Balaban J connectivity index is 2.17. The SMILES string of the molecule is C[C@H](O)CC(=O)[C@H]1CCc2ccccc21. The Kier molecular flexibility index (Phi) is 2.87. The number of Topliss-reactive ketones (excluding diaryl/α,β-unsaturated/α-hetero) is 1. The van der Waals surface area contributed by atoms with E-state index < -0.39 is 6.10 Å². The molecule has 0 aromatic heterocycles. The number of ketones is 1. The number of aliphatic hydroxyl groups is 1. The second-order valence-corrected chi connectivity index (χ2v) is 4.31. The number of benzene rings is 1. The molecule has 2 atom stereocenters. The fourth-order valence-corrected chi connectivity index (χ4v) is 2.32. The summed E-state index contributed by atoms with van der Waals surface area (Å²) < 4.78 is 0. The van der Waals surface area contributed by atoms with Crippen LogP contribution >= 0.6 is 0 Å². The number of carbonyl (C=O) groups excluding carboxylic acids is 1. The van der Waals surface area contributed by atoms with E-state index in [4.69, 9.17) is 0 Å². The number of hydrogen-bond acceptors (Lipinski definition) is 2. The van der Waals surface area contributed by atoms with Crippen LogP contribution in [-0.4, -0.2) is 17.0 Å². The molecule has 0 aliphatic heterocycles. The first-order chi connectivity index (χ1) is 7.18. The molecule has 0 radical (unpaired) electrons. The van der Waals surface area contributed by atoms with Gasteiger partial charge in [-0.05, 0) is 30.9 Å². The Bertz CT molecular complexity index is 369. The molecule has 0 spiro atoms. The summed E-state index contributed by atoms with van der Waals surface area (Å²) in [6.07, 6.45) is 1.65. The number of carbonyl (C=O) groups is 1. The number of fused-ring (bicyclic) bond motifs is 1. The third-order valence-electron chi connectivity index (χ3n) is 3.02. The van der Waals surface area contributed by atoms with Gasteiger partial charge in [0.15, 0.2) is 0 Å². The van der Waals surface area contributed by atoms with Gasteiger partial charge in [0.2, 0.25) is 0 Å². The van der Waals surface area contributed by atoms with Crippen LogP contribution in [0, 0.1) is 0 Å². The van der Waals surface area contributed by atoms with E-state index >= 15 is 0 Å². The molecule has 2 heteroatoms. The van der Waals surface area contributed by atoms with E-state index in [2.05, 4.69) is 6.07 Å². The van der Waals surface area contributed by atoms with Gasteiger partial charge in [-0.2, -0.15) is 0 Å². The number of hydrogen-bond donors (Lipinski definition) is 1. The highest BCUT2D eigenvalue weighted by atomic mass is 16.3. The Hall–Kier alpha value is -1.15. The van der Waals surface area contributed by atoms with E-state index in [1.807, 2.05) is 18.2 Å². The molecular weight excluding hydrogens is 188 g/mol. The molecule has 1 aromatic carbocycles. The van der Waals surface area contributed by atoms with Crippen molar-refractivity contribution in [2.75, 3.05) is 0 Å². The van der Waals surface area contributed by atoms with Crippen LogP contribution in [0.2, 0.25) is 0 Å². The monoisotopic (exact) mass is 204 g/mol. The first-order valence-corrected chi connectivity index (χ1v) is 5.47. The van der Waals surface area contributed by atoms with Crippen LogP contribution < -0.4 is 0 Å². The Morgan fingerprint density at radius 3 is 3.00 bits per heavy atom. The predicted molar refractivity (Wildman–Crippen MR) is 58.8 cm³/mol. The highest BCUT2D eigenvalue weighted by Crippen LogP contribution is 2.34. The third kappa shape index (κ3) is 2.10. The predicted octanol–water partition coefficient (Wildman–Crippen LogP) is 2.06. The maximum atomic E-state index is 11.9. The summed E-state index contributed by atoms with van der Waals surface area (Å²) in [5.74, 6) is 0.200. The van der Waals surface area contributed by atoms with Crippen LogP contribution in [-0.2, 0) is 11.2 Å². The fraction of sp³-hybridized carbons (Fsp3) is 0.462. The minimum Gasteiger partial charge on any atom is -0.393 e. The molecular formula is C13H16O2. The minimum absolute atomic E-state index is 0.0239. The summed E-state index contributed by atoms with van der Waals surface area (Å²) in [6, 6.07) is 8.12. The quantitative estimate of drug-likeness (QED) is 0.818. The van der Waals surface area contributed by atoms with Crippen LogP contribution in [0.15, 0.2) is 24.3 Å². The third-order valence-corrected chi connectivity index (χ3v) is 3.02. The van der Waals surface area contributed by atoms with E-state index in [0.717, 1.165) is 12.8 Å². The lowest BCUT2D eigenvalue weighted by Gasteiger charge is -2.11. The maximum Gasteiger partial charge on any atom is 0.142 e. The number of aryl methyl sites for hydroxylation is 1. The lowest BCUT2D eigenvalue weighted by molar-refractivity contribution is -0.122. The first kappa shape index (κ1) is 10.4. The van der Waals surface area contributed by atoms with Gasteiger partial charge < -0.3 is 5.11 Å². The van der Waals surface area contributed by atoms with Gasteiger partial charge in [0.25, 0.3) is 0 Å². The second kappa shape index (κ2) is 4.15. The minimum atomic E-state index is -0.523. The molecule has 1 aliphatic rings. The first-order valence-electron chi connectivity index (χ1n) is 5.47. The molecule has 0 fully saturated rings. The topological polar surface area (TPSA) is 37.3 Å². The van der Waals surface area contributed by atoms with Crippen LogP contribution in [0.3, 0.4) is 0 Å². The van der Waals surface area contributed by atoms with Crippen molar-refractivity contribution in [3.8, 4) is 0 Å². The molecule has 2 rings (SSSR count). The zero-order valence-corrected chi connectivity index (χ0v) is 8.94. The number of rotatable bonds is 3. The van der Waals surface area contributed by atoms with E-state index in [-0.39, 0.29) is 18.1 Å². The van der Waals surface area contributed by atoms with Crippen LogP contribution in [0.5, 0.6) is 0 Å². The average Bonchev–Trinajstić information content (AvgIpc) is 2.59. The molecule has 80 valence electrons. The van der Waals surface area contributed by atoms with Crippen molar-refractivity contribution in [1.82, 2.24) is 0 Å². The molecule has 0 saturated carbocycles. The van der Waals surface area contributed by atoms with Gasteiger partial charge in [0, 0.05) is 12.3 Å². The summed E-state index contributed by atoms with van der Waals surface area (Å²) in [7, 11) is 0. The molecule has 0 unspecified atom stereocenters. The van der Waals surface area contributed by atoms with Crippen LogP contribution in [0.1, 0.15) is 36.8 Å². The normalized spacial score (nSPS) is 21.1. The molecule has 0 saturated heterocycles. The lowest BCUT2D eigenvalue weighted by atomic mass is 9.94. The van der Waals surface area contributed by atoms with Crippen molar-refractivity contribution in [1.29, 1.82) is 0 Å². The standard InChI is InChI=1S/C13H16O2/c1-9(14)8-13(15)12-7-6-10-4-2-3-5-11(10)12/h2-5,9,12,14H,6-8H2,1H3/t9-,12-/m0/s1. The average molecular weight is 204 g/mol. The van der Waals surface area contributed by atoms with Gasteiger partial charge in [0.05, 0.1) is 6.10 Å². The summed E-state index contributed by atoms with van der Waals surface area (Å²) in [6.45, 7) is 1.67. The number of aliphatic hydroxyl groups excluding tert-OH is 1. The van der Waals surface area contributed by atoms with Crippen molar-refractivity contribution in [2.45, 2.75) is 38.2 Å². The van der Waals surface area contributed by atoms with Crippen LogP contribution in [0.25, 0.3) is 0 Å². The zero-order chi connectivity index (χ0) is 10.8. The Morgan fingerprint density at radius 1 is 1.53 bits per heavy atom. The van der Waals surface area contributed by atoms with Gasteiger partial charge in [-0.15, -0.1) is 0 Å². The van der Waals surface area contributed by atoms with Gasteiger partial charge in [0.1, 0.15) is 5.78 Å². The van der Waals surface area contributed by atoms with Gasteiger partial charge in [-0.1, -0.05) is 24.3 Å². The van der Waals surface area contributed by atoms with Crippen molar-refractivity contribution < 1.29 is 9.90 Å². The van der Waals surface area contributed by atoms with Gasteiger partial charge in [-0.25, -0.2) is 0 Å². The maximum absolute atomic E-state index is 11.9. The zero-order valence-electron chi connectivity index (χ0n) is 8.94. The molecule has 0 bridgehead atoms. The van der Waals surface area contributed by atoms with Crippen molar-refractivity contribution >= 4 is 5.78 Å². The smallest absolute Gasteiger partial charge is 0.142 e. The fourth-order valence-electron chi connectivity index (χ4n) is 2.32. The Morgan fingerprint density at radius 2 is 2.27 bits per heavy atom. The van der Waals surface area contributed by atoms with Crippen LogP contribution in [0.4, 0.5) is 0 Å². The van der Waals surface area contributed by atoms with Gasteiger partial charge >= 0.3 is 0 Å². The molecule has 15 heavy (non-hydrogen) atoms. The largest absolute Gasteiger partial charge is 0.393 e. The Labute approximate surface area is 89.9 Å². The summed E-state index contributed by atoms with van der Waals surface area (Å²) in [4.78, 5) is 11.9. The summed E-state index contributed by atoms with van der Waals surface area (Å²) >= 11 is 0. The molecule has 1 N–H and O–H groups in total. The molecule has 0 amide bonds. The highest BCUT2D eigenvalue weighted by molar-refractivity contribution is 5.87. The van der Waals surface area contributed by atoms with E-state index in [0.29, 0.717) is 0 Å². The van der Waals surface area contributed by atoms with Crippen molar-refractivity contribution in [3.05, 3.63) is 35.4 Å². The van der Waals surface area contributed by atoms with E-state index in [1.54, 1.807) is 6.92 Å². The van der Waals surface area contributed by atoms with Crippen molar-refractivity contribution in [3.63, 3.8) is 0 Å². The van der Waals surface area contributed by atoms with E-state index in [9.17, 15) is 9.90 Å². The summed E-state index contributed by atoms with van der Waals surface area (Å²) in [5, 5.41) is 9.21. The second-order valence-electron chi connectivity index (χ2n) is 4.31. The van der Waals surface area contributed by atoms with Gasteiger partial charge in [-0.3, -0.25) is 4.79 Å². The molecule has 0 heterocycles.